The lowest BCUT2D eigenvalue weighted by Gasteiger charge is -2.28. The van der Waals surface area contributed by atoms with Gasteiger partial charge in [-0.25, -0.2) is 0 Å². The molecule has 0 saturated carbocycles. The molecule has 0 bridgehead atoms. The molecule has 0 aliphatic carbocycles. The van der Waals surface area contributed by atoms with Crippen LogP contribution in [0.3, 0.4) is 0 Å². The minimum absolute atomic E-state index is 0. The largest absolute Gasteiger partial charge is 0.394 e. The highest BCUT2D eigenvalue weighted by Crippen LogP contribution is 2.15. The summed E-state index contributed by atoms with van der Waals surface area (Å²) in [5.74, 6) is 0. The van der Waals surface area contributed by atoms with E-state index in [1.54, 1.807) is 0 Å². The van der Waals surface area contributed by atoms with Crippen LogP contribution in [0.1, 0.15) is 116 Å². The first-order valence-electron chi connectivity index (χ1n) is 11.6. The minimum Gasteiger partial charge on any atom is -0.394 e. The molecule has 0 heterocycles. The lowest BCUT2D eigenvalue weighted by Crippen LogP contribution is -2.40. The maximum atomic E-state index is 9.82. The Balaban J connectivity index is 0. The van der Waals surface area contributed by atoms with Crippen LogP contribution in [0.2, 0.25) is 0 Å². The van der Waals surface area contributed by atoms with Gasteiger partial charge in [-0.15, -0.1) is 0 Å². The molecule has 0 rings (SSSR count). The van der Waals surface area contributed by atoms with Crippen LogP contribution in [0.15, 0.2) is 0 Å². The highest BCUT2D eigenvalue weighted by Gasteiger charge is 2.19. The molecule has 27 heavy (non-hydrogen) atoms. The summed E-state index contributed by atoms with van der Waals surface area (Å²) in [6.45, 7) is 2.15. The van der Waals surface area contributed by atoms with Crippen LogP contribution in [-0.2, 0) is 0 Å². The molecule has 0 fully saturated rings. The van der Waals surface area contributed by atoms with Crippen molar-refractivity contribution in [2.45, 2.75) is 128 Å². The van der Waals surface area contributed by atoms with Gasteiger partial charge in [-0.1, -0.05) is 110 Å². The van der Waals surface area contributed by atoms with Gasteiger partial charge in [0.25, 0.3) is 0 Å². The average molecular weight is 389 g/mol. The number of hydrogen-bond acceptors (Lipinski definition) is 4. The number of hydrogen-bond donors (Lipinski definition) is 3. The second-order valence-electron chi connectivity index (χ2n) is 8.37. The molecule has 0 aromatic rings. The molecular weight excluding hydrogens is 336 g/mol. The lowest BCUT2D eigenvalue weighted by molar-refractivity contribution is 0.0242. The van der Waals surface area contributed by atoms with Gasteiger partial charge < -0.3 is 21.3 Å². The van der Waals surface area contributed by atoms with Crippen molar-refractivity contribution in [3.63, 3.8) is 0 Å². The Kier molecular flexibility index (Phi) is 23.8. The Hall–Kier alpha value is -0.160. The number of likely N-dealkylation sites (N-methyl/N-ethyl adjacent to an activating group) is 1. The standard InChI is InChI=1S/C23H49NO2.H3N/c1-4-5-6-7-8-9-10-11-12-13-14-15-16-17-18-19-20-22(24(2)3)23(26)21-25;/h22-23,25-26H,4-21H2,1-3H3;1H3. The Morgan fingerprint density at radius 2 is 0.963 bits per heavy atom. The van der Waals surface area contributed by atoms with E-state index in [1.807, 2.05) is 19.0 Å². The van der Waals surface area contributed by atoms with Gasteiger partial charge >= 0.3 is 0 Å². The lowest BCUT2D eigenvalue weighted by atomic mass is 10.0. The predicted molar refractivity (Wildman–Crippen MR) is 120 cm³/mol. The van der Waals surface area contributed by atoms with Gasteiger partial charge in [-0.05, 0) is 20.5 Å². The Morgan fingerprint density at radius 1 is 0.630 bits per heavy atom. The number of unbranched alkanes of at least 4 members (excludes halogenated alkanes) is 15. The van der Waals surface area contributed by atoms with Crippen molar-refractivity contribution in [1.29, 1.82) is 0 Å². The third-order valence-corrected chi connectivity index (χ3v) is 5.65. The Morgan fingerprint density at radius 3 is 1.26 bits per heavy atom. The summed E-state index contributed by atoms with van der Waals surface area (Å²) in [7, 11) is 3.96. The topological polar surface area (TPSA) is 78.7 Å². The molecule has 0 saturated heterocycles. The summed E-state index contributed by atoms with van der Waals surface area (Å²) < 4.78 is 0. The molecule has 166 valence electrons. The van der Waals surface area contributed by atoms with E-state index in [-0.39, 0.29) is 18.8 Å². The van der Waals surface area contributed by atoms with Crippen LogP contribution in [0.4, 0.5) is 0 Å². The fraction of sp³-hybridized carbons (Fsp3) is 1.00. The van der Waals surface area contributed by atoms with Crippen molar-refractivity contribution in [3.05, 3.63) is 0 Å². The number of nitrogens with zero attached hydrogens (tertiary/aromatic N) is 1. The Labute approximate surface area is 170 Å². The summed E-state index contributed by atoms with van der Waals surface area (Å²) in [4.78, 5) is 2.03. The number of aliphatic hydroxyl groups is 2. The smallest absolute Gasteiger partial charge is 0.0925 e. The fourth-order valence-electron chi connectivity index (χ4n) is 3.82. The maximum Gasteiger partial charge on any atom is 0.0925 e. The molecule has 0 aliphatic heterocycles. The van der Waals surface area contributed by atoms with Gasteiger partial charge in [-0.2, -0.15) is 0 Å². The number of aliphatic hydroxyl groups excluding tert-OH is 2. The molecule has 2 atom stereocenters. The summed E-state index contributed by atoms with van der Waals surface area (Å²) in [6.07, 6.45) is 22.5. The minimum atomic E-state index is -0.610. The van der Waals surface area contributed by atoms with Crippen LogP contribution < -0.4 is 6.15 Å². The zero-order valence-corrected chi connectivity index (χ0v) is 18.9. The molecule has 0 aromatic heterocycles. The van der Waals surface area contributed by atoms with E-state index in [1.165, 1.54) is 96.3 Å². The van der Waals surface area contributed by atoms with E-state index >= 15 is 0 Å². The summed E-state index contributed by atoms with van der Waals surface area (Å²) in [5.41, 5.74) is 0. The van der Waals surface area contributed by atoms with E-state index in [2.05, 4.69) is 6.92 Å². The van der Waals surface area contributed by atoms with Gasteiger partial charge in [-0.3, -0.25) is 0 Å². The van der Waals surface area contributed by atoms with Gasteiger partial charge in [0.2, 0.25) is 0 Å². The maximum absolute atomic E-state index is 9.82. The first-order chi connectivity index (χ1) is 12.6. The quantitative estimate of drug-likeness (QED) is 0.221. The van der Waals surface area contributed by atoms with Crippen molar-refractivity contribution in [2.24, 2.45) is 0 Å². The molecule has 0 aromatic carbocycles. The molecule has 0 radical (unpaired) electrons. The van der Waals surface area contributed by atoms with Crippen LogP contribution >= 0.6 is 0 Å². The van der Waals surface area contributed by atoms with Crippen molar-refractivity contribution < 1.29 is 10.2 Å². The molecule has 5 N–H and O–H groups in total. The average Bonchev–Trinajstić information content (AvgIpc) is 2.63. The normalized spacial score (nSPS) is 13.6. The highest BCUT2D eigenvalue weighted by molar-refractivity contribution is 4.74. The molecule has 0 amide bonds. The molecule has 2 unspecified atom stereocenters. The highest BCUT2D eigenvalue weighted by atomic mass is 16.3. The van der Waals surface area contributed by atoms with E-state index in [0.717, 1.165) is 12.8 Å². The molecule has 0 aliphatic rings. The van der Waals surface area contributed by atoms with Crippen LogP contribution in [0.25, 0.3) is 0 Å². The molecule has 4 nitrogen and oxygen atoms in total. The van der Waals surface area contributed by atoms with Crippen LogP contribution in [0.5, 0.6) is 0 Å². The van der Waals surface area contributed by atoms with E-state index < -0.39 is 6.10 Å². The van der Waals surface area contributed by atoms with Gasteiger partial charge in [0.05, 0.1) is 12.7 Å². The van der Waals surface area contributed by atoms with Gasteiger partial charge in [0, 0.05) is 6.04 Å². The Bertz CT molecular complexity index is 275. The fourth-order valence-corrected chi connectivity index (χ4v) is 3.82. The molecule has 0 spiro atoms. The zero-order valence-electron chi connectivity index (χ0n) is 18.9. The third kappa shape index (κ3) is 18.9. The second kappa shape index (κ2) is 22.1. The van der Waals surface area contributed by atoms with E-state index in [9.17, 15) is 5.11 Å². The van der Waals surface area contributed by atoms with Gasteiger partial charge in [0.15, 0.2) is 0 Å². The van der Waals surface area contributed by atoms with Crippen molar-refractivity contribution in [1.82, 2.24) is 11.1 Å². The zero-order chi connectivity index (χ0) is 19.5. The van der Waals surface area contributed by atoms with Crippen molar-refractivity contribution >= 4 is 0 Å². The van der Waals surface area contributed by atoms with Gasteiger partial charge in [0.1, 0.15) is 0 Å². The first kappa shape index (κ1) is 29.0. The van der Waals surface area contributed by atoms with Crippen molar-refractivity contribution in [2.75, 3.05) is 20.7 Å². The first-order valence-corrected chi connectivity index (χ1v) is 11.6. The van der Waals surface area contributed by atoms with E-state index in [4.69, 9.17) is 5.11 Å². The number of rotatable bonds is 20. The van der Waals surface area contributed by atoms with Crippen LogP contribution in [-0.4, -0.2) is 48.0 Å². The second-order valence-corrected chi connectivity index (χ2v) is 8.37. The third-order valence-electron chi connectivity index (χ3n) is 5.65. The van der Waals surface area contributed by atoms with Crippen molar-refractivity contribution in [3.8, 4) is 0 Å². The molecular formula is C23H52N2O2. The summed E-state index contributed by atoms with van der Waals surface area (Å²) in [6, 6.07) is 0.0895. The van der Waals surface area contributed by atoms with Crippen LogP contribution in [0, 0.1) is 0 Å². The molecule has 4 heteroatoms. The summed E-state index contributed by atoms with van der Waals surface area (Å²) >= 11 is 0. The summed E-state index contributed by atoms with van der Waals surface area (Å²) in [5, 5.41) is 18.9. The predicted octanol–water partition coefficient (Wildman–Crippen LogP) is 6.08. The monoisotopic (exact) mass is 388 g/mol. The SMILES string of the molecule is CCCCCCCCCCCCCCCCCCC(C(O)CO)N(C)C.N. The van der Waals surface area contributed by atoms with E-state index in [0.29, 0.717) is 0 Å².